The smallest absolute Gasteiger partial charge is 0.241 e. The number of amides is 1. The lowest BCUT2D eigenvalue weighted by atomic mass is 10.2. The summed E-state index contributed by atoms with van der Waals surface area (Å²) in [6.07, 6.45) is 0. The van der Waals surface area contributed by atoms with E-state index in [2.05, 4.69) is 16.3 Å². The van der Waals surface area contributed by atoms with E-state index in [1.165, 1.54) is 0 Å². The second-order valence-electron chi connectivity index (χ2n) is 6.46. The van der Waals surface area contributed by atoms with E-state index < -0.39 is 0 Å². The lowest BCUT2D eigenvalue weighted by Gasteiger charge is -2.36. The van der Waals surface area contributed by atoms with Crippen molar-refractivity contribution in [1.29, 1.82) is 0 Å². The first-order valence-corrected chi connectivity index (χ1v) is 9.04. The minimum Gasteiger partial charge on any atom is -0.495 e. The molecule has 0 aliphatic carbocycles. The first-order chi connectivity index (χ1) is 13.2. The van der Waals surface area contributed by atoms with Crippen LogP contribution in [-0.2, 0) is 4.79 Å². The molecular formula is C20H23N3O4. The number of nitrogens with zero attached hydrogens (tertiary/aromatic N) is 2. The molecule has 2 aliphatic heterocycles. The molecule has 2 aliphatic rings. The van der Waals surface area contributed by atoms with Crippen LogP contribution in [0.25, 0.3) is 0 Å². The van der Waals surface area contributed by atoms with Gasteiger partial charge in [-0.15, -0.1) is 0 Å². The molecule has 0 aromatic heterocycles. The van der Waals surface area contributed by atoms with Gasteiger partial charge in [0.2, 0.25) is 12.7 Å². The highest BCUT2D eigenvalue weighted by atomic mass is 16.7. The van der Waals surface area contributed by atoms with Crippen molar-refractivity contribution in [2.45, 2.75) is 0 Å². The number of hydrogen-bond acceptors (Lipinski definition) is 6. The Balaban J connectivity index is 1.30. The zero-order valence-corrected chi connectivity index (χ0v) is 15.3. The Hall–Kier alpha value is -3.09. The van der Waals surface area contributed by atoms with Crippen molar-refractivity contribution in [2.24, 2.45) is 0 Å². The molecule has 0 unspecified atom stereocenters. The Morgan fingerprint density at radius 1 is 1.07 bits per heavy atom. The number of piperazine rings is 1. The number of fused-ring (bicyclic) bond motifs is 1. The summed E-state index contributed by atoms with van der Waals surface area (Å²) < 4.78 is 16.1. The quantitative estimate of drug-likeness (QED) is 0.872. The molecule has 2 aromatic carbocycles. The number of methoxy groups -OCH3 is 1. The molecule has 0 spiro atoms. The number of carbonyl (C=O) groups excluding carboxylic acids is 1. The first kappa shape index (κ1) is 17.3. The van der Waals surface area contributed by atoms with E-state index in [4.69, 9.17) is 14.2 Å². The van der Waals surface area contributed by atoms with Gasteiger partial charge < -0.3 is 29.3 Å². The topological polar surface area (TPSA) is 63.3 Å². The van der Waals surface area contributed by atoms with Crippen molar-refractivity contribution >= 4 is 17.3 Å². The number of rotatable bonds is 5. The van der Waals surface area contributed by atoms with Crippen LogP contribution in [-0.4, -0.2) is 57.4 Å². The number of nitrogens with one attached hydrogen (secondary N) is 1. The third-order valence-electron chi connectivity index (χ3n) is 4.87. The van der Waals surface area contributed by atoms with Crippen LogP contribution in [0.1, 0.15) is 0 Å². The predicted octanol–water partition coefficient (Wildman–Crippen LogP) is 2.18. The van der Waals surface area contributed by atoms with E-state index in [1.54, 1.807) is 7.11 Å². The Kier molecular flexibility index (Phi) is 4.91. The molecule has 0 atom stereocenters. The number of anilines is 2. The molecule has 1 saturated heterocycles. The van der Waals surface area contributed by atoms with E-state index in [9.17, 15) is 4.79 Å². The lowest BCUT2D eigenvalue weighted by Crippen LogP contribution is -2.50. The molecule has 7 heteroatoms. The van der Waals surface area contributed by atoms with E-state index in [0.29, 0.717) is 18.8 Å². The fourth-order valence-corrected chi connectivity index (χ4v) is 3.38. The van der Waals surface area contributed by atoms with Gasteiger partial charge in [-0.25, -0.2) is 0 Å². The van der Waals surface area contributed by atoms with E-state index >= 15 is 0 Å². The SMILES string of the molecule is COc1ccccc1N1CCN(C(=O)CNc2ccc3c(c2)OCO3)CC1. The summed E-state index contributed by atoms with van der Waals surface area (Å²) in [6.45, 7) is 3.47. The highest BCUT2D eigenvalue weighted by Gasteiger charge is 2.23. The maximum Gasteiger partial charge on any atom is 0.241 e. The molecule has 1 N–H and O–H groups in total. The third-order valence-corrected chi connectivity index (χ3v) is 4.87. The molecule has 27 heavy (non-hydrogen) atoms. The van der Waals surface area contributed by atoms with Crippen LogP contribution in [0.5, 0.6) is 17.2 Å². The Labute approximate surface area is 158 Å². The Bertz CT molecular complexity index is 819. The maximum atomic E-state index is 12.5. The van der Waals surface area contributed by atoms with Crippen molar-refractivity contribution in [2.75, 3.05) is 56.8 Å². The number of para-hydroxylation sites is 2. The number of carbonyl (C=O) groups is 1. The van der Waals surface area contributed by atoms with Crippen LogP contribution < -0.4 is 24.4 Å². The number of hydrogen-bond donors (Lipinski definition) is 1. The van der Waals surface area contributed by atoms with E-state index in [0.717, 1.165) is 36.0 Å². The van der Waals surface area contributed by atoms with Gasteiger partial charge in [0.1, 0.15) is 5.75 Å². The largest absolute Gasteiger partial charge is 0.495 e. The zero-order valence-electron chi connectivity index (χ0n) is 15.3. The molecule has 1 amide bonds. The van der Waals surface area contributed by atoms with E-state index in [1.807, 2.05) is 41.3 Å². The second kappa shape index (κ2) is 7.65. The molecule has 0 radical (unpaired) electrons. The van der Waals surface area contributed by atoms with Crippen molar-refractivity contribution in [1.82, 2.24) is 4.90 Å². The molecule has 7 nitrogen and oxygen atoms in total. The summed E-state index contributed by atoms with van der Waals surface area (Å²) in [5, 5.41) is 3.17. The highest BCUT2D eigenvalue weighted by molar-refractivity contribution is 5.81. The summed E-state index contributed by atoms with van der Waals surface area (Å²) in [5.41, 5.74) is 1.92. The van der Waals surface area contributed by atoms with Gasteiger partial charge in [-0.3, -0.25) is 4.79 Å². The monoisotopic (exact) mass is 369 g/mol. The molecule has 142 valence electrons. The van der Waals surface area contributed by atoms with Gasteiger partial charge in [-0.2, -0.15) is 0 Å². The minimum absolute atomic E-state index is 0.0901. The van der Waals surface area contributed by atoms with Gasteiger partial charge in [-0.05, 0) is 24.3 Å². The van der Waals surface area contributed by atoms with Crippen molar-refractivity contribution in [3.8, 4) is 17.2 Å². The van der Waals surface area contributed by atoms with Gasteiger partial charge in [0, 0.05) is 37.9 Å². The normalized spacial score (nSPS) is 15.6. The summed E-state index contributed by atoms with van der Waals surface area (Å²) in [6, 6.07) is 13.6. The number of ether oxygens (including phenoxy) is 3. The van der Waals surface area contributed by atoms with Gasteiger partial charge in [0.25, 0.3) is 0 Å². The summed E-state index contributed by atoms with van der Waals surface area (Å²) >= 11 is 0. The average Bonchev–Trinajstić information content (AvgIpc) is 3.20. The third kappa shape index (κ3) is 3.72. The highest BCUT2D eigenvalue weighted by Crippen LogP contribution is 2.34. The molecule has 0 bridgehead atoms. The molecule has 1 fully saturated rings. The average molecular weight is 369 g/mol. The molecule has 2 aromatic rings. The summed E-state index contributed by atoms with van der Waals surface area (Å²) in [4.78, 5) is 16.7. The lowest BCUT2D eigenvalue weighted by molar-refractivity contribution is -0.129. The van der Waals surface area contributed by atoms with Crippen LogP contribution in [0.3, 0.4) is 0 Å². The van der Waals surface area contributed by atoms with Gasteiger partial charge >= 0.3 is 0 Å². The van der Waals surface area contributed by atoms with Gasteiger partial charge in [0.05, 0.1) is 19.3 Å². The van der Waals surface area contributed by atoms with E-state index in [-0.39, 0.29) is 19.2 Å². The fraction of sp³-hybridized carbons (Fsp3) is 0.350. The van der Waals surface area contributed by atoms with Crippen LogP contribution in [0.15, 0.2) is 42.5 Å². The molecule has 4 rings (SSSR count). The second-order valence-corrected chi connectivity index (χ2v) is 6.46. The summed E-state index contributed by atoms with van der Waals surface area (Å²) in [5.74, 6) is 2.39. The molecule has 2 heterocycles. The zero-order chi connectivity index (χ0) is 18.6. The van der Waals surface area contributed by atoms with Crippen molar-refractivity contribution in [3.63, 3.8) is 0 Å². The van der Waals surface area contributed by atoms with Crippen LogP contribution in [0.2, 0.25) is 0 Å². The molecular weight excluding hydrogens is 346 g/mol. The first-order valence-electron chi connectivity index (χ1n) is 9.04. The maximum absolute atomic E-state index is 12.5. The molecule has 0 saturated carbocycles. The van der Waals surface area contributed by atoms with Gasteiger partial charge in [0.15, 0.2) is 11.5 Å². The summed E-state index contributed by atoms with van der Waals surface area (Å²) in [7, 11) is 1.68. The van der Waals surface area contributed by atoms with Crippen LogP contribution >= 0.6 is 0 Å². The van der Waals surface area contributed by atoms with Crippen molar-refractivity contribution in [3.05, 3.63) is 42.5 Å². The standard InChI is InChI=1S/C20H23N3O4/c1-25-17-5-3-2-4-16(17)22-8-10-23(11-9-22)20(24)13-21-15-6-7-18-19(12-15)27-14-26-18/h2-7,12,21H,8-11,13-14H2,1H3. The Morgan fingerprint density at radius 2 is 1.85 bits per heavy atom. The number of benzene rings is 2. The van der Waals surface area contributed by atoms with Crippen LogP contribution in [0, 0.1) is 0 Å². The Morgan fingerprint density at radius 3 is 2.67 bits per heavy atom. The van der Waals surface area contributed by atoms with Crippen LogP contribution in [0.4, 0.5) is 11.4 Å². The van der Waals surface area contributed by atoms with Gasteiger partial charge in [-0.1, -0.05) is 12.1 Å². The van der Waals surface area contributed by atoms with Crippen molar-refractivity contribution < 1.29 is 19.0 Å². The predicted molar refractivity (Wildman–Crippen MR) is 103 cm³/mol. The fourth-order valence-electron chi connectivity index (χ4n) is 3.38. The minimum atomic E-state index is 0.0901.